The number of hydrogen-bond donors (Lipinski definition) is 0. The van der Waals surface area contributed by atoms with Gasteiger partial charge in [0.2, 0.25) is 0 Å². The van der Waals surface area contributed by atoms with Crippen molar-refractivity contribution >= 4 is 39.5 Å². The molecule has 3 nitrogen and oxygen atoms in total. The Labute approximate surface area is 126 Å². The lowest BCUT2D eigenvalue weighted by molar-refractivity contribution is 1.13. The van der Waals surface area contributed by atoms with Crippen molar-refractivity contribution in [1.29, 1.82) is 0 Å². The fraction of sp³-hybridized carbons (Fsp3) is 0.200. The fourth-order valence-corrected chi connectivity index (χ4v) is 3.06. The maximum absolute atomic E-state index is 6.33. The van der Waals surface area contributed by atoms with Crippen LogP contribution in [0.2, 0.25) is 5.15 Å². The molecule has 0 aliphatic heterocycles. The van der Waals surface area contributed by atoms with E-state index in [0.29, 0.717) is 11.0 Å². The minimum absolute atomic E-state index is 0.500. The number of aromatic nitrogens is 2. The van der Waals surface area contributed by atoms with Gasteiger partial charge in [-0.1, -0.05) is 11.6 Å². The van der Waals surface area contributed by atoms with Crippen LogP contribution >= 0.6 is 22.9 Å². The van der Waals surface area contributed by atoms with E-state index in [2.05, 4.69) is 23.0 Å². The van der Waals surface area contributed by atoms with E-state index >= 15 is 0 Å². The number of nitrogens with zero attached hydrogens (tertiary/aromatic N) is 3. The lowest BCUT2D eigenvalue weighted by atomic mass is 10.2. The summed E-state index contributed by atoms with van der Waals surface area (Å²) in [6, 6.07) is 10.1. The largest absolute Gasteiger partial charge is 0.378 e. The van der Waals surface area contributed by atoms with E-state index in [4.69, 9.17) is 11.6 Å². The van der Waals surface area contributed by atoms with Gasteiger partial charge in [-0.15, -0.1) is 11.3 Å². The standard InChI is InChI=1S/C15H14ClN3S/c1-9-4-7-13(20-9)15-17-12-6-5-10(19(2)3)8-11(12)14(16)18-15/h4-8H,1-3H3. The van der Waals surface area contributed by atoms with Crippen molar-refractivity contribution in [2.75, 3.05) is 19.0 Å². The van der Waals surface area contributed by atoms with E-state index in [1.165, 1.54) is 4.88 Å². The molecule has 3 rings (SSSR count). The molecule has 0 atom stereocenters. The van der Waals surface area contributed by atoms with Crippen LogP contribution in [-0.4, -0.2) is 24.1 Å². The summed E-state index contributed by atoms with van der Waals surface area (Å²) in [5, 5.41) is 1.38. The molecule has 0 spiro atoms. The molecule has 5 heteroatoms. The third-order valence-electron chi connectivity index (χ3n) is 3.11. The maximum Gasteiger partial charge on any atom is 0.171 e. The van der Waals surface area contributed by atoms with Gasteiger partial charge in [0.25, 0.3) is 0 Å². The van der Waals surface area contributed by atoms with Gasteiger partial charge in [-0.3, -0.25) is 0 Å². The Hall–Kier alpha value is -1.65. The molecule has 0 N–H and O–H groups in total. The number of aryl methyl sites for hydroxylation is 1. The van der Waals surface area contributed by atoms with Crippen LogP contribution in [0.25, 0.3) is 21.6 Å². The number of fused-ring (bicyclic) bond motifs is 1. The highest BCUT2D eigenvalue weighted by molar-refractivity contribution is 7.15. The molecule has 0 fully saturated rings. The third kappa shape index (κ3) is 2.37. The molecule has 20 heavy (non-hydrogen) atoms. The number of thiophene rings is 1. The summed E-state index contributed by atoms with van der Waals surface area (Å²) in [7, 11) is 4.00. The second-order valence-electron chi connectivity index (χ2n) is 4.84. The Morgan fingerprint density at radius 3 is 2.55 bits per heavy atom. The molecule has 3 aromatic rings. The van der Waals surface area contributed by atoms with Crippen LogP contribution in [0.1, 0.15) is 4.88 Å². The number of anilines is 1. The van der Waals surface area contributed by atoms with Crippen LogP contribution in [0.5, 0.6) is 0 Å². The molecule has 102 valence electrons. The topological polar surface area (TPSA) is 29.0 Å². The van der Waals surface area contributed by atoms with E-state index in [1.54, 1.807) is 11.3 Å². The average molecular weight is 304 g/mol. The van der Waals surface area contributed by atoms with Crippen LogP contribution in [0.15, 0.2) is 30.3 Å². The zero-order chi connectivity index (χ0) is 14.3. The number of hydrogen-bond acceptors (Lipinski definition) is 4. The van der Waals surface area contributed by atoms with E-state index in [-0.39, 0.29) is 0 Å². The summed E-state index contributed by atoms with van der Waals surface area (Å²) in [6.07, 6.45) is 0. The summed E-state index contributed by atoms with van der Waals surface area (Å²) in [5.41, 5.74) is 1.96. The fourth-order valence-electron chi connectivity index (χ4n) is 2.02. The van der Waals surface area contributed by atoms with Crippen LogP contribution < -0.4 is 4.90 Å². The summed E-state index contributed by atoms with van der Waals surface area (Å²) in [5.74, 6) is 0.693. The van der Waals surface area contributed by atoms with Gasteiger partial charge in [-0.05, 0) is 37.3 Å². The van der Waals surface area contributed by atoms with Crippen molar-refractivity contribution in [1.82, 2.24) is 9.97 Å². The van der Waals surface area contributed by atoms with Crippen molar-refractivity contribution in [3.63, 3.8) is 0 Å². The van der Waals surface area contributed by atoms with Crippen molar-refractivity contribution in [3.8, 4) is 10.7 Å². The smallest absolute Gasteiger partial charge is 0.171 e. The van der Waals surface area contributed by atoms with Gasteiger partial charge in [0, 0.05) is 30.0 Å². The molecule has 0 saturated heterocycles. The summed E-state index contributed by atoms with van der Waals surface area (Å²) < 4.78 is 0. The number of rotatable bonds is 2. The van der Waals surface area contributed by atoms with Gasteiger partial charge in [0.1, 0.15) is 5.15 Å². The lowest BCUT2D eigenvalue weighted by Crippen LogP contribution is -2.08. The highest BCUT2D eigenvalue weighted by Gasteiger charge is 2.10. The Bertz CT molecular complexity index is 780. The van der Waals surface area contributed by atoms with E-state index in [9.17, 15) is 0 Å². The van der Waals surface area contributed by atoms with Crippen molar-refractivity contribution in [2.45, 2.75) is 6.92 Å². The molecule has 2 heterocycles. The molecule has 0 amide bonds. The first kappa shape index (κ1) is 13.3. The molecule has 0 saturated carbocycles. The first-order valence-electron chi connectivity index (χ1n) is 6.26. The molecule has 0 aliphatic carbocycles. The normalized spacial score (nSPS) is 11.0. The maximum atomic E-state index is 6.33. The third-order valence-corrected chi connectivity index (χ3v) is 4.39. The molecule has 2 aromatic heterocycles. The highest BCUT2D eigenvalue weighted by atomic mass is 35.5. The monoisotopic (exact) mass is 303 g/mol. The van der Waals surface area contributed by atoms with Crippen molar-refractivity contribution in [2.24, 2.45) is 0 Å². The molecule has 0 aliphatic rings. The zero-order valence-corrected chi connectivity index (χ0v) is 13.1. The van der Waals surface area contributed by atoms with E-state index < -0.39 is 0 Å². The molecule has 0 unspecified atom stereocenters. The molecule has 0 radical (unpaired) electrons. The van der Waals surface area contributed by atoms with Gasteiger partial charge < -0.3 is 4.90 Å². The van der Waals surface area contributed by atoms with E-state index in [1.807, 2.05) is 43.3 Å². The van der Waals surface area contributed by atoms with Crippen molar-refractivity contribution in [3.05, 3.63) is 40.4 Å². The summed E-state index contributed by atoms with van der Waals surface area (Å²) in [6.45, 7) is 2.07. The van der Waals surface area contributed by atoms with Crippen LogP contribution in [0.3, 0.4) is 0 Å². The van der Waals surface area contributed by atoms with Gasteiger partial charge in [0.15, 0.2) is 5.82 Å². The number of benzene rings is 1. The lowest BCUT2D eigenvalue weighted by Gasteiger charge is -2.13. The highest BCUT2D eigenvalue weighted by Crippen LogP contribution is 2.30. The zero-order valence-electron chi connectivity index (χ0n) is 11.5. The molecular weight excluding hydrogens is 290 g/mol. The van der Waals surface area contributed by atoms with Crippen LogP contribution in [0.4, 0.5) is 5.69 Å². The van der Waals surface area contributed by atoms with Gasteiger partial charge in [-0.25, -0.2) is 9.97 Å². The SMILES string of the molecule is Cc1ccc(-c2nc(Cl)c3cc(N(C)C)ccc3n2)s1. The van der Waals surface area contributed by atoms with Crippen LogP contribution in [-0.2, 0) is 0 Å². The predicted molar refractivity (Wildman–Crippen MR) is 86.9 cm³/mol. The summed E-state index contributed by atoms with van der Waals surface area (Å²) >= 11 is 8.00. The molecular formula is C15H14ClN3S. The van der Waals surface area contributed by atoms with Crippen molar-refractivity contribution < 1.29 is 0 Å². The molecule has 0 bridgehead atoms. The van der Waals surface area contributed by atoms with Gasteiger partial charge >= 0.3 is 0 Å². The first-order chi connectivity index (χ1) is 9.54. The van der Waals surface area contributed by atoms with Gasteiger partial charge in [0.05, 0.1) is 10.4 Å². The minimum atomic E-state index is 0.500. The quantitative estimate of drug-likeness (QED) is 0.658. The minimum Gasteiger partial charge on any atom is -0.378 e. The second-order valence-corrected chi connectivity index (χ2v) is 6.49. The Morgan fingerprint density at radius 1 is 1.10 bits per heavy atom. The van der Waals surface area contributed by atoms with Crippen LogP contribution in [0, 0.1) is 6.92 Å². The first-order valence-corrected chi connectivity index (χ1v) is 7.45. The Morgan fingerprint density at radius 2 is 1.90 bits per heavy atom. The predicted octanol–water partition coefficient (Wildman–Crippen LogP) is 4.39. The average Bonchev–Trinajstić information content (AvgIpc) is 2.85. The molecule has 1 aromatic carbocycles. The van der Waals surface area contributed by atoms with E-state index in [0.717, 1.165) is 21.5 Å². The Kier molecular flexibility index (Phi) is 3.36. The second kappa shape index (κ2) is 5.04. The Balaban J connectivity index is 2.17. The number of halogens is 1. The van der Waals surface area contributed by atoms with Gasteiger partial charge in [-0.2, -0.15) is 0 Å². The summed E-state index contributed by atoms with van der Waals surface area (Å²) in [4.78, 5) is 13.4.